The number of hydrogen-bond acceptors (Lipinski definition) is 2. The van der Waals surface area contributed by atoms with Crippen LogP contribution in [0.25, 0.3) is 22.3 Å². The maximum atomic E-state index is 14.4. The number of aromatic nitrogens is 3. The highest BCUT2D eigenvalue weighted by Gasteiger charge is 2.24. The lowest BCUT2D eigenvalue weighted by Gasteiger charge is -2.12. The molecule has 2 aromatic heterocycles. The third-order valence-corrected chi connectivity index (χ3v) is 4.27. The number of aryl methyl sites for hydroxylation is 1. The van der Waals surface area contributed by atoms with Crippen LogP contribution in [-0.2, 0) is 0 Å². The van der Waals surface area contributed by atoms with Gasteiger partial charge in [0.2, 0.25) is 0 Å². The molecule has 0 aliphatic heterocycles. The van der Waals surface area contributed by atoms with E-state index in [1.807, 2.05) is 25.3 Å². The quantitative estimate of drug-likeness (QED) is 0.705. The minimum absolute atomic E-state index is 0.295. The summed E-state index contributed by atoms with van der Waals surface area (Å²) in [5, 5.41) is 0.795. The Morgan fingerprint density at radius 1 is 1.38 bits per heavy atom. The Hall–Kier alpha value is -2.01. The number of imidazole rings is 1. The summed E-state index contributed by atoms with van der Waals surface area (Å²) in [6.45, 7) is 1.88. The normalized spacial score (nSPS) is 14.8. The van der Waals surface area contributed by atoms with Crippen LogP contribution >= 0.6 is 12.2 Å². The number of aromatic amines is 1. The summed E-state index contributed by atoms with van der Waals surface area (Å²) in [6, 6.07) is 5.78. The van der Waals surface area contributed by atoms with Crippen molar-refractivity contribution in [3.05, 3.63) is 46.6 Å². The van der Waals surface area contributed by atoms with Crippen molar-refractivity contribution in [1.29, 1.82) is 0 Å². The van der Waals surface area contributed by atoms with Crippen LogP contribution in [0.5, 0.6) is 0 Å². The molecule has 0 unspecified atom stereocenters. The van der Waals surface area contributed by atoms with Gasteiger partial charge in [0.15, 0.2) is 0 Å². The molecule has 106 valence electrons. The number of rotatable bonds is 2. The fourth-order valence-electron chi connectivity index (χ4n) is 2.70. The van der Waals surface area contributed by atoms with Crippen molar-refractivity contribution in [3.8, 4) is 11.4 Å². The third kappa shape index (κ3) is 2.08. The summed E-state index contributed by atoms with van der Waals surface area (Å²) in [5.41, 5.74) is 2.32. The lowest BCUT2D eigenvalue weighted by Crippen LogP contribution is -1.99. The number of halogens is 1. The minimum Gasteiger partial charge on any atom is -0.344 e. The molecule has 4 rings (SSSR count). The Morgan fingerprint density at radius 2 is 2.19 bits per heavy atom. The molecule has 1 N–H and O–H groups in total. The van der Waals surface area contributed by atoms with Crippen LogP contribution in [0, 0.1) is 17.3 Å². The maximum Gasteiger partial charge on any atom is 0.140 e. The highest BCUT2D eigenvalue weighted by molar-refractivity contribution is 7.71. The van der Waals surface area contributed by atoms with Crippen molar-refractivity contribution in [1.82, 2.24) is 14.5 Å². The van der Waals surface area contributed by atoms with Gasteiger partial charge in [-0.05, 0) is 38.0 Å². The van der Waals surface area contributed by atoms with E-state index in [1.165, 1.54) is 18.9 Å². The second-order valence-corrected chi connectivity index (χ2v) is 6.00. The monoisotopic (exact) mass is 299 g/mol. The van der Waals surface area contributed by atoms with E-state index >= 15 is 0 Å². The van der Waals surface area contributed by atoms with E-state index in [0.29, 0.717) is 21.9 Å². The topological polar surface area (TPSA) is 33.6 Å². The molecular weight excluding hydrogens is 285 g/mol. The van der Waals surface area contributed by atoms with Gasteiger partial charge in [0, 0.05) is 28.3 Å². The van der Waals surface area contributed by atoms with Gasteiger partial charge in [-0.15, -0.1) is 0 Å². The summed E-state index contributed by atoms with van der Waals surface area (Å²) >= 11 is 5.34. The maximum absolute atomic E-state index is 14.4. The van der Waals surface area contributed by atoms with E-state index < -0.39 is 0 Å². The Bertz CT molecular complexity index is 906. The number of fused-ring (bicyclic) bond motifs is 1. The molecule has 1 saturated carbocycles. The second-order valence-electron chi connectivity index (χ2n) is 5.56. The van der Waals surface area contributed by atoms with E-state index in [9.17, 15) is 4.39 Å². The van der Waals surface area contributed by atoms with Gasteiger partial charge in [0.1, 0.15) is 11.6 Å². The van der Waals surface area contributed by atoms with Crippen molar-refractivity contribution >= 4 is 23.1 Å². The number of H-pyrrole nitrogens is 1. The molecule has 1 aliphatic rings. The fourth-order valence-corrected chi connectivity index (χ4v) is 2.92. The fraction of sp³-hybridized carbons (Fsp3) is 0.250. The summed E-state index contributed by atoms with van der Waals surface area (Å²) in [6.07, 6.45) is 6.13. The Morgan fingerprint density at radius 3 is 2.86 bits per heavy atom. The van der Waals surface area contributed by atoms with Crippen molar-refractivity contribution in [3.63, 3.8) is 0 Å². The summed E-state index contributed by atoms with van der Waals surface area (Å²) in [7, 11) is 0. The van der Waals surface area contributed by atoms with Crippen LogP contribution in [-0.4, -0.2) is 14.5 Å². The number of benzene rings is 1. The van der Waals surface area contributed by atoms with Gasteiger partial charge in [-0.1, -0.05) is 12.2 Å². The summed E-state index contributed by atoms with van der Waals surface area (Å²) < 4.78 is 17.3. The van der Waals surface area contributed by atoms with E-state index in [-0.39, 0.29) is 5.82 Å². The number of nitrogens with zero attached hydrogens (tertiary/aromatic N) is 2. The van der Waals surface area contributed by atoms with Gasteiger partial charge in [0.05, 0.1) is 16.8 Å². The zero-order chi connectivity index (χ0) is 14.6. The largest absolute Gasteiger partial charge is 0.344 e. The van der Waals surface area contributed by atoms with E-state index in [0.717, 1.165) is 16.6 Å². The van der Waals surface area contributed by atoms with Gasteiger partial charge in [-0.25, -0.2) is 9.37 Å². The first-order chi connectivity index (χ1) is 10.1. The number of pyridine rings is 1. The lowest BCUT2D eigenvalue weighted by atomic mass is 10.1. The van der Waals surface area contributed by atoms with Crippen LogP contribution < -0.4 is 0 Å². The molecule has 0 bridgehead atoms. The van der Waals surface area contributed by atoms with Crippen molar-refractivity contribution in [2.24, 2.45) is 0 Å². The highest BCUT2D eigenvalue weighted by atomic mass is 32.1. The molecule has 0 amide bonds. The molecule has 0 spiro atoms. The molecule has 0 saturated heterocycles. The molecule has 0 atom stereocenters. The number of nitrogens with one attached hydrogen (secondary N) is 1. The minimum atomic E-state index is -0.295. The van der Waals surface area contributed by atoms with Gasteiger partial charge in [-0.2, -0.15) is 0 Å². The Balaban J connectivity index is 2.03. The third-order valence-electron chi connectivity index (χ3n) is 3.92. The molecule has 1 aliphatic carbocycles. The molecule has 0 radical (unpaired) electrons. The molecule has 21 heavy (non-hydrogen) atoms. The zero-order valence-electron chi connectivity index (χ0n) is 11.6. The van der Waals surface area contributed by atoms with E-state index in [4.69, 9.17) is 12.2 Å². The average Bonchev–Trinajstić information content (AvgIpc) is 3.21. The van der Waals surface area contributed by atoms with Crippen LogP contribution in [0.3, 0.4) is 0 Å². The van der Waals surface area contributed by atoms with Crippen LogP contribution in [0.2, 0.25) is 0 Å². The standard InChI is InChI=1S/C16H14FN3S/c1-9-8-18-16(19-9)11-7-14-12(6-13(11)17)15(21)4-5-20(14)10-2-3-10/h4-8,10H,2-3H2,1H3,(H,18,19). The summed E-state index contributed by atoms with van der Waals surface area (Å²) in [4.78, 5) is 7.35. The van der Waals surface area contributed by atoms with Crippen molar-refractivity contribution in [2.75, 3.05) is 0 Å². The SMILES string of the molecule is Cc1c[nH]c(-c2cc3c(cc2F)c(=S)ccn3C2CC2)n1. The molecule has 3 aromatic rings. The van der Waals surface area contributed by atoms with Gasteiger partial charge >= 0.3 is 0 Å². The van der Waals surface area contributed by atoms with Gasteiger partial charge < -0.3 is 9.55 Å². The average molecular weight is 299 g/mol. The molecular formula is C16H14FN3S. The molecule has 1 aromatic carbocycles. The van der Waals surface area contributed by atoms with Crippen LogP contribution in [0.15, 0.2) is 30.6 Å². The van der Waals surface area contributed by atoms with Crippen LogP contribution in [0.1, 0.15) is 24.6 Å². The smallest absolute Gasteiger partial charge is 0.140 e. The Kier molecular flexibility index (Phi) is 2.72. The van der Waals surface area contributed by atoms with E-state index in [1.54, 1.807) is 6.20 Å². The second kappa shape index (κ2) is 4.49. The lowest BCUT2D eigenvalue weighted by molar-refractivity contribution is 0.631. The molecule has 2 heterocycles. The predicted molar refractivity (Wildman–Crippen MR) is 83.3 cm³/mol. The number of hydrogen-bond donors (Lipinski definition) is 1. The first-order valence-corrected chi connectivity index (χ1v) is 7.41. The first kappa shape index (κ1) is 12.7. The first-order valence-electron chi connectivity index (χ1n) is 7.00. The predicted octanol–water partition coefficient (Wildman–Crippen LogP) is 4.54. The van der Waals surface area contributed by atoms with Crippen molar-refractivity contribution < 1.29 is 4.39 Å². The van der Waals surface area contributed by atoms with Gasteiger partial charge in [0.25, 0.3) is 0 Å². The van der Waals surface area contributed by atoms with Gasteiger partial charge in [-0.3, -0.25) is 0 Å². The molecule has 3 nitrogen and oxygen atoms in total. The summed E-state index contributed by atoms with van der Waals surface area (Å²) in [5.74, 6) is 0.264. The molecule has 5 heteroatoms. The van der Waals surface area contributed by atoms with Crippen LogP contribution in [0.4, 0.5) is 4.39 Å². The zero-order valence-corrected chi connectivity index (χ0v) is 12.4. The highest BCUT2D eigenvalue weighted by Crippen LogP contribution is 2.38. The van der Waals surface area contributed by atoms with E-state index in [2.05, 4.69) is 14.5 Å². The van der Waals surface area contributed by atoms with Crippen molar-refractivity contribution in [2.45, 2.75) is 25.8 Å². The molecule has 1 fully saturated rings. The Labute approximate surface area is 126 Å².